The summed E-state index contributed by atoms with van der Waals surface area (Å²) in [5.41, 5.74) is 1.46. The Hall–Kier alpha value is -2.15. The highest BCUT2D eigenvalue weighted by molar-refractivity contribution is 6.31. The number of aromatic nitrogens is 1. The van der Waals surface area contributed by atoms with Crippen molar-refractivity contribution < 1.29 is 4.79 Å². The molecule has 2 aromatic rings. The SMILES string of the molecule is CN1CCN(CCN(C(=O)Nc2cccnc2)c2cccc(Cl)c2)CC1. The van der Waals surface area contributed by atoms with Crippen LogP contribution in [-0.2, 0) is 0 Å². The summed E-state index contributed by atoms with van der Waals surface area (Å²) in [6.07, 6.45) is 3.31. The fourth-order valence-corrected chi connectivity index (χ4v) is 3.12. The minimum atomic E-state index is -0.186. The minimum Gasteiger partial charge on any atom is -0.306 e. The summed E-state index contributed by atoms with van der Waals surface area (Å²) in [6, 6.07) is 10.8. The molecule has 1 saturated heterocycles. The maximum atomic E-state index is 12.9. The summed E-state index contributed by atoms with van der Waals surface area (Å²) in [4.78, 5) is 23.3. The van der Waals surface area contributed by atoms with Crippen LogP contribution in [0.2, 0.25) is 5.02 Å². The Kier molecular flexibility index (Phi) is 6.44. The van der Waals surface area contributed by atoms with Crippen molar-refractivity contribution in [1.29, 1.82) is 0 Å². The molecular weight excluding hydrogens is 350 g/mol. The Morgan fingerprint density at radius 3 is 2.73 bits per heavy atom. The molecule has 1 aliphatic heterocycles. The molecule has 0 aliphatic carbocycles. The van der Waals surface area contributed by atoms with Gasteiger partial charge in [0.1, 0.15) is 0 Å². The summed E-state index contributed by atoms with van der Waals surface area (Å²) < 4.78 is 0. The van der Waals surface area contributed by atoms with Crippen molar-refractivity contribution in [2.24, 2.45) is 0 Å². The standard InChI is InChI=1S/C19H24ClN5O/c1-23-8-10-24(11-9-23)12-13-25(18-6-2-4-16(20)14-18)19(26)22-17-5-3-7-21-15-17/h2-7,14-15H,8-13H2,1H3,(H,22,26). The highest BCUT2D eigenvalue weighted by atomic mass is 35.5. The van der Waals surface area contributed by atoms with E-state index in [9.17, 15) is 4.79 Å². The number of hydrogen-bond acceptors (Lipinski definition) is 4. The second kappa shape index (κ2) is 8.98. The summed E-state index contributed by atoms with van der Waals surface area (Å²) in [6.45, 7) is 5.56. The maximum Gasteiger partial charge on any atom is 0.326 e. The number of pyridine rings is 1. The Balaban J connectivity index is 1.70. The predicted octanol–water partition coefficient (Wildman–Crippen LogP) is 3.02. The van der Waals surface area contributed by atoms with Gasteiger partial charge < -0.3 is 10.2 Å². The molecule has 0 atom stereocenters. The Morgan fingerprint density at radius 1 is 1.23 bits per heavy atom. The Labute approximate surface area is 159 Å². The molecule has 2 heterocycles. The van der Waals surface area contributed by atoms with Crippen LogP contribution >= 0.6 is 11.6 Å². The van der Waals surface area contributed by atoms with Crippen LogP contribution in [0.1, 0.15) is 0 Å². The zero-order chi connectivity index (χ0) is 18.4. The molecule has 0 bridgehead atoms. The number of anilines is 2. The second-order valence-electron chi connectivity index (χ2n) is 6.45. The van der Waals surface area contributed by atoms with Crippen LogP contribution in [-0.4, -0.2) is 67.1 Å². The van der Waals surface area contributed by atoms with Crippen molar-refractivity contribution in [3.63, 3.8) is 0 Å². The fourth-order valence-electron chi connectivity index (χ4n) is 2.93. The van der Waals surface area contributed by atoms with Gasteiger partial charge in [-0.1, -0.05) is 17.7 Å². The van der Waals surface area contributed by atoms with Crippen molar-refractivity contribution in [3.05, 3.63) is 53.8 Å². The third kappa shape index (κ3) is 5.17. The Morgan fingerprint density at radius 2 is 2.04 bits per heavy atom. The first kappa shape index (κ1) is 18.6. The number of urea groups is 1. The molecule has 1 N–H and O–H groups in total. The first-order chi connectivity index (χ1) is 12.6. The molecule has 0 unspecified atom stereocenters. The number of halogens is 1. The van der Waals surface area contributed by atoms with Crippen LogP contribution in [0.5, 0.6) is 0 Å². The van der Waals surface area contributed by atoms with Crippen LogP contribution < -0.4 is 10.2 Å². The topological polar surface area (TPSA) is 51.7 Å². The molecule has 0 saturated carbocycles. The molecule has 1 aromatic carbocycles. The van der Waals surface area contributed by atoms with Crippen LogP contribution in [0.15, 0.2) is 48.8 Å². The van der Waals surface area contributed by atoms with Crippen molar-refractivity contribution in [3.8, 4) is 0 Å². The molecule has 7 heteroatoms. The van der Waals surface area contributed by atoms with Gasteiger partial charge in [-0.2, -0.15) is 0 Å². The molecule has 1 aliphatic rings. The second-order valence-corrected chi connectivity index (χ2v) is 6.88. The zero-order valence-corrected chi connectivity index (χ0v) is 15.7. The molecule has 0 radical (unpaired) electrons. The fraction of sp³-hybridized carbons (Fsp3) is 0.368. The van der Waals surface area contributed by atoms with Gasteiger partial charge in [0, 0.05) is 56.2 Å². The summed E-state index contributed by atoms with van der Waals surface area (Å²) in [5, 5.41) is 3.52. The third-order valence-electron chi connectivity index (χ3n) is 4.51. The van der Waals surface area contributed by atoms with E-state index in [1.54, 1.807) is 23.4 Å². The number of rotatable bonds is 5. The highest BCUT2D eigenvalue weighted by Gasteiger charge is 2.19. The zero-order valence-electron chi connectivity index (χ0n) is 14.9. The van der Waals surface area contributed by atoms with E-state index in [-0.39, 0.29) is 6.03 Å². The van der Waals surface area contributed by atoms with Gasteiger partial charge in [0.2, 0.25) is 0 Å². The molecule has 1 fully saturated rings. The smallest absolute Gasteiger partial charge is 0.306 e. The quantitative estimate of drug-likeness (QED) is 0.875. The van der Waals surface area contributed by atoms with E-state index in [2.05, 4.69) is 27.1 Å². The Bertz CT molecular complexity index is 719. The lowest BCUT2D eigenvalue weighted by Gasteiger charge is -2.34. The molecule has 2 amide bonds. The summed E-state index contributed by atoms with van der Waals surface area (Å²) in [5.74, 6) is 0. The van der Waals surface area contributed by atoms with Crippen LogP contribution in [0.25, 0.3) is 0 Å². The largest absolute Gasteiger partial charge is 0.326 e. The number of likely N-dealkylation sites (N-methyl/N-ethyl adjacent to an activating group) is 1. The number of nitrogens with one attached hydrogen (secondary N) is 1. The van der Waals surface area contributed by atoms with Crippen LogP contribution in [0, 0.1) is 0 Å². The molecule has 138 valence electrons. The van der Waals surface area contributed by atoms with Gasteiger partial charge in [-0.3, -0.25) is 14.8 Å². The average molecular weight is 374 g/mol. The van der Waals surface area contributed by atoms with Gasteiger partial charge in [0.05, 0.1) is 11.9 Å². The average Bonchev–Trinajstić information content (AvgIpc) is 2.64. The number of carbonyl (C=O) groups excluding carboxylic acids is 1. The minimum absolute atomic E-state index is 0.186. The van der Waals surface area contributed by atoms with E-state index in [1.165, 1.54) is 0 Å². The van der Waals surface area contributed by atoms with Crippen molar-refractivity contribution in [1.82, 2.24) is 14.8 Å². The number of amides is 2. The van der Waals surface area contributed by atoms with Gasteiger partial charge in [-0.25, -0.2) is 4.79 Å². The summed E-state index contributed by atoms with van der Waals surface area (Å²) >= 11 is 6.13. The van der Waals surface area contributed by atoms with E-state index < -0.39 is 0 Å². The van der Waals surface area contributed by atoms with Gasteiger partial charge in [-0.05, 0) is 37.4 Å². The monoisotopic (exact) mass is 373 g/mol. The van der Waals surface area contributed by atoms with E-state index >= 15 is 0 Å². The van der Waals surface area contributed by atoms with Gasteiger partial charge in [-0.15, -0.1) is 0 Å². The number of nitrogens with zero attached hydrogens (tertiary/aromatic N) is 4. The first-order valence-corrected chi connectivity index (χ1v) is 9.14. The highest BCUT2D eigenvalue weighted by Crippen LogP contribution is 2.20. The number of carbonyl (C=O) groups is 1. The van der Waals surface area contributed by atoms with Crippen LogP contribution in [0.4, 0.5) is 16.2 Å². The summed E-state index contributed by atoms with van der Waals surface area (Å²) in [7, 11) is 2.14. The molecule has 3 rings (SSSR count). The molecule has 6 nitrogen and oxygen atoms in total. The van der Waals surface area contributed by atoms with Crippen LogP contribution in [0.3, 0.4) is 0 Å². The normalized spacial score (nSPS) is 15.6. The lowest BCUT2D eigenvalue weighted by atomic mass is 10.2. The molecule has 0 spiro atoms. The van der Waals surface area contributed by atoms with Gasteiger partial charge >= 0.3 is 6.03 Å². The molecule has 1 aromatic heterocycles. The van der Waals surface area contributed by atoms with Crippen molar-refractivity contribution in [2.45, 2.75) is 0 Å². The predicted molar refractivity (Wildman–Crippen MR) is 106 cm³/mol. The molecular formula is C19H24ClN5O. The molecule has 26 heavy (non-hydrogen) atoms. The number of piperazine rings is 1. The van der Waals surface area contributed by atoms with Crippen molar-refractivity contribution >= 4 is 29.0 Å². The van der Waals surface area contributed by atoms with E-state index in [4.69, 9.17) is 11.6 Å². The third-order valence-corrected chi connectivity index (χ3v) is 4.75. The van der Waals surface area contributed by atoms with E-state index in [1.807, 2.05) is 30.3 Å². The van der Waals surface area contributed by atoms with E-state index in [0.717, 1.165) is 38.4 Å². The maximum absolute atomic E-state index is 12.9. The van der Waals surface area contributed by atoms with Gasteiger partial charge in [0.15, 0.2) is 0 Å². The number of benzene rings is 1. The van der Waals surface area contributed by atoms with Crippen molar-refractivity contribution in [2.75, 3.05) is 56.5 Å². The number of hydrogen-bond donors (Lipinski definition) is 1. The lowest BCUT2D eigenvalue weighted by Crippen LogP contribution is -2.48. The first-order valence-electron chi connectivity index (χ1n) is 8.77. The lowest BCUT2D eigenvalue weighted by molar-refractivity contribution is 0.157. The van der Waals surface area contributed by atoms with E-state index in [0.29, 0.717) is 17.3 Å². The van der Waals surface area contributed by atoms with Gasteiger partial charge in [0.25, 0.3) is 0 Å².